The first-order valence-corrected chi connectivity index (χ1v) is 13.1. The Bertz CT molecular complexity index is 1280. The van der Waals surface area contributed by atoms with Gasteiger partial charge in [-0.05, 0) is 87.1 Å². The summed E-state index contributed by atoms with van der Waals surface area (Å²) in [5.74, 6) is -3.14. The predicted octanol–water partition coefficient (Wildman–Crippen LogP) is 5.14. The maximum atomic E-state index is 14.1. The zero-order valence-corrected chi connectivity index (χ0v) is 23.6. The third-order valence-electron chi connectivity index (χ3n) is 7.63. The molecule has 2 aromatic carbocycles. The molecule has 7 nitrogen and oxygen atoms in total. The highest BCUT2D eigenvalue weighted by Crippen LogP contribution is 2.37. The third kappa shape index (κ3) is 6.67. The Hall–Kier alpha value is -3.37. The zero-order valence-electron chi connectivity index (χ0n) is 22.8. The van der Waals surface area contributed by atoms with Gasteiger partial charge in [0.1, 0.15) is 5.82 Å². The number of imide groups is 1. The van der Waals surface area contributed by atoms with Gasteiger partial charge in [0, 0.05) is 26.2 Å². The second-order valence-electron chi connectivity index (χ2n) is 10.1. The minimum atomic E-state index is -1.19. The summed E-state index contributed by atoms with van der Waals surface area (Å²) < 4.78 is 41.0. The Labute approximate surface area is 238 Å². The van der Waals surface area contributed by atoms with Crippen molar-refractivity contribution in [3.8, 4) is 0 Å². The number of nitrogens with one attached hydrogen (secondary N) is 1. The highest BCUT2D eigenvalue weighted by Gasteiger charge is 2.42. The van der Waals surface area contributed by atoms with Crippen LogP contribution < -0.4 is 5.32 Å². The fourth-order valence-corrected chi connectivity index (χ4v) is 5.35. The van der Waals surface area contributed by atoms with Crippen molar-refractivity contribution in [3.63, 3.8) is 0 Å². The van der Waals surface area contributed by atoms with Crippen molar-refractivity contribution in [1.29, 1.82) is 0 Å². The summed E-state index contributed by atoms with van der Waals surface area (Å²) >= 11 is 0. The monoisotopic (exact) mass is 578 g/mol. The van der Waals surface area contributed by atoms with E-state index in [4.69, 9.17) is 0 Å². The molecule has 1 saturated heterocycles. The van der Waals surface area contributed by atoms with Crippen LogP contribution in [-0.4, -0.2) is 65.8 Å². The molecule has 1 N–H and O–H groups in total. The van der Waals surface area contributed by atoms with Gasteiger partial charge in [0.05, 0.1) is 11.6 Å². The molecule has 0 aromatic heterocycles. The number of allylic oxidation sites excluding steroid dienone is 1. The second kappa shape index (κ2) is 13.3. The maximum absolute atomic E-state index is 14.1. The number of hydrogen-bond donors (Lipinski definition) is 1. The summed E-state index contributed by atoms with van der Waals surface area (Å²) in [6.07, 6.45) is 2.63. The molecule has 2 aliphatic rings. The molecular formula is C29H34ClF3N4O3. The van der Waals surface area contributed by atoms with E-state index in [1.807, 2.05) is 12.1 Å². The largest absolute Gasteiger partial charge is 0.352 e. The van der Waals surface area contributed by atoms with Crippen molar-refractivity contribution >= 4 is 30.3 Å². The lowest BCUT2D eigenvalue weighted by Gasteiger charge is -2.40. The molecule has 2 aliphatic heterocycles. The van der Waals surface area contributed by atoms with Gasteiger partial charge >= 0.3 is 6.03 Å². The second-order valence-corrected chi connectivity index (χ2v) is 10.1. The summed E-state index contributed by atoms with van der Waals surface area (Å²) in [5.41, 5.74) is 1.73. The SMILES string of the molecule is CC(=O)N1C(=O)N(C)C(C)=C(C(=O)NCCCN2CCC(c3ccc(F)cc3)CC2)C1c1ccc(F)c(F)c1.Cl. The van der Waals surface area contributed by atoms with E-state index in [1.165, 1.54) is 37.1 Å². The van der Waals surface area contributed by atoms with E-state index in [0.29, 0.717) is 24.6 Å². The lowest BCUT2D eigenvalue weighted by Crippen LogP contribution is -2.52. The van der Waals surface area contributed by atoms with E-state index in [0.717, 1.165) is 55.1 Å². The molecule has 4 rings (SSSR count). The number of halogens is 4. The Morgan fingerprint density at radius 1 is 0.975 bits per heavy atom. The van der Waals surface area contributed by atoms with Gasteiger partial charge in [0.2, 0.25) is 5.91 Å². The van der Waals surface area contributed by atoms with Crippen LogP contribution in [0.15, 0.2) is 53.7 Å². The number of hydrogen-bond acceptors (Lipinski definition) is 4. The topological polar surface area (TPSA) is 73.0 Å². The van der Waals surface area contributed by atoms with Crippen molar-refractivity contribution in [1.82, 2.24) is 20.0 Å². The molecule has 1 unspecified atom stereocenters. The van der Waals surface area contributed by atoms with E-state index in [1.54, 1.807) is 6.92 Å². The van der Waals surface area contributed by atoms with Gasteiger partial charge in [0.15, 0.2) is 11.6 Å². The van der Waals surface area contributed by atoms with Gasteiger partial charge in [-0.25, -0.2) is 18.0 Å². The van der Waals surface area contributed by atoms with Gasteiger partial charge in [-0.3, -0.25) is 14.5 Å². The average molecular weight is 579 g/mol. The number of likely N-dealkylation sites (tertiary alicyclic amines) is 1. The summed E-state index contributed by atoms with van der Waals surface area (Å²) in [6, 6.07) is 7.93. The van der Waals surface area contributed by atoms with Gasteiger partial charge in [-0.1, -0.05) is 18.2 Å². The number of nitrogens with zero attached hydrogens (tertiary/aromatic N) is 3. The van der Waals surface area contributed by atoms with E-state index >= 15 is 0 Å². The van der Waals surface area contributed by atoms with E-state index in [-0.39, 0.29) is 29.4 Å². The zero-order chi connectivity index (χ0) is 28.3. The lowest BCUT2D eigenvalue weighted by molar-refractivity contribution is -0.128. The molecule has 1 atom stereocenters. The Balaban J connectivity index is 0.00000441. The summed E-state index contributed by atoms with van der Waals surface area (Å²) in [6.45, 7) is 5.71. The van der Waals surface area contributed by atoms with Crippen LogP contribution in [0.25, 0.3) is 0 Å². The molecule has 0 radical (unpaired) electrons. The van der Waals surface area contributed by atoms with Crippen LogP contribution in [0.2, 0.25) is 0 Å². The highest BCUT2D eigenvalue weighted by atomic mass is 35.5. The van der Waals surface area contributed by atoms with Gasteiger partial charge in [-0.15, -0.1) is 12.4 Å². The summed E-state index contributed by atoms with van der Waals surface area (Å²) in [4.78, 5) is 43.2. The fourth-order valence-electron chi connectivity index (χ4n) is 5.35. The Kier molecular flexibility index (Phi) is 10.4. The van der Waals surface area contributed by atoms with E-state index in [9.17, 15) is 27.6 Å². The van der Waals surface area contributed by atoms with Gasteiger partial charge in [0.25, 0.3) is 5.91 Å². The van der Waals surface area contributed by atoms with Crippen LogP contribution in [0.3, 0.4) is 0 Å². The van der Waals surface area contributed by atoms with E-state index in [2.05, 4.69) is 10.2 Å². The molecule has 11 heteroatoms. The Morgan fingerprint density at radius 2 is 1.60 bits per heavy atom. The molecule has 0 spiro atoms. The van der Waals surface area contributed by atoms with Crippen LogP contribution in [-0.2, 0) is 9.59 Å². The molecule has 4 amide bonds. The first-order chi connectivity index (χ1) is 18.6. The molecule has 2 heterocycles. The van der Waals surface area contributed by atoms with Crippen molar-refractivity contribution in [3.05, 3.63) is 82.3 Å². The van der Waals surface area contributed by atoms with Gasteiger partial charge < -0.3 is 15.1 Å². The van der Waals surface area contributed by atoms with Crippen molar-refractivity contribution in [2.45, 2.75) is 45.1 Å². The normalized spacial score (nSPS) is 18.6. The first-order valence-electron chi connectivity index (χ1n) is 13.1. The minimum absolute atomic E-state index is 0. The van der Waals surface area contributed by atoms with Crippen LogP contribution in [0, 0.1) is 17.5 Å². The van der Waals surface area contributed by atoms with Crippen LogP contribution in [0.5, 0.6) is 0 Å². The summed E-state index contributed by atoms with van der Waals surface area (Å²) in [5, 5.41) is 2.88. The summed E-state index contributed by atoms with van der Waals surface area (Å²) in [7, 11) is 1.46. The van der Waals surface area contributed by atoms with Crippen molar-refractivity contribution < 1.29 is 27.6 Å². The number of carbonyl (C=O) groups excluding carboxylic acids is 3. The lowest BCUT2D eigenvalue weighted by atomic mass is 9.89. The fraction of sp³-hybridized carbons (Fsp3) is 0.414. The number of amides is 4. The molecule has 1 fully saturated rings. The first kappa shape index (κ1) is 31.2. The molecule has 0 bridgehead atoms. The molecule has 2 aromatic rings. The number of piperidine rings is 1. The van der Waals surface area contributed by atoms with Crippen LogP contribution in [0.1, 0.15) is 56.2 Å². The standard InChI is InChI=1S/C29H33F3N4O3.ClH/c1-18-26(27(22-7-10-24(31)25(32)17-22)36(19(2)37)29(39)34(18)3)28(38)33-13-4-14-35-15-11-21(12-16-35)20-5-8-23(30)9-6-20;/h5-10,17,21,27H,4,11-16H2,1-3H3,(H,33,38);1H. The number of benzene rings is 2. The smallest absolute Gasteiger partial charge is 0.331 e. The molecule has 0 aliphatic carbocycles. The average Bonchev–Trinajstić information content (AvgIpc) is 2.91. The Morgan fingerprint density at radius 3 is 2.20 bits per heavy atom. The maximum Gasteiger partial charge on any atom is 0.331 e. The minimum Gasteiger partial charge on any atom is -0.352 e. The molecule has 40 heavy (non-hydrogen) atoms. The number of urea groups is 1. The molecule has 216 valence electrons. The van der Waals surface area contributed by atoms with Crippen molar-refractivity contribution in [2.24, 2.45) is 0 Å². The van der Waals surface area contributed by atoms with E-state index < -0.39 is 35.5 Å². The predicted molar refractivity (Wildman–Crippen MR) is 147 cm³/mol. The highest BCUT2D eigenvalue weighted by molar-refractivity contribution is 6.03. The molecular weight excluding hydrogens is 545 g/mol. The number of rotatable bonds is 7. The number of carbonyl (C=O) groups is 3. The van der Waals surface area contributed by atoms with Gasteiger partial charge in [-0.2, -0.15) is 0 Å². The van der Waals surface area contributed by atoms with Crippen LogP contribution >= 0.6 is 12.4 Å². The van der Waals surface area contributed by atoms with Crippen LogP contribution in [0.4, 0.5) is 18.0 Å². The quantitative estimate of drug-likeness (QED) is 0.462. The molecule has 0 saturated carbocycles. The van der Waals surface area contributed by atoms with Crippen molar-refractivity contribution in [2.75, 3.05) is 33.2 Å². The third-order valence-corrected chi connectivity index (χ3v) is 7.63.